The molecule has 2 aliphatic rings. The van der Waals surface area contributed by atoms with Crippen LogP contribution in [0.1, 0.15) is 70.1 Å². The van der Waals surface area contributed by atoms with E-state index in [-0.39, 0.29) is 10.5 Å². The third-order valence-electron chi connectivity index (χ3n) is 4.16. The first-order valence-corrected chi connectivity index (χ1v) is 7.02. The van der Waals surface area contributed by atoms with Crippen LogP contribution in [0.5, 0.6) is 0 Å². The fourth-order valence-electron chi connectivity index (χ4n) is 2.11. The second kappa shape index (κ2) is 5.53. The molecule has 3 rings (SSSR count). The number of anilines is 1. The molecule has 1 aromatic heterocycles. The van der Waals surface area contributed by atoms with E-state index in [1.54, 1.807) is 0 Å². The monoisotopic (exact) mass is 314 g/mol. The number of aromatic nitrogens is 1. The minimum Gasteiger partial charge on any atom is -0.398 e. The maximum Gasteiger partial charge on any atom is 0.514 e. The van der Waals surface area contributed by atoms with E-state index in [1.807, 2.05) is 27.7 Å². The molecule has 0 radical (unpaired) electrons. The van der Waals surface area contributed by atoms with Crippen molar-refractivity contribution in [3.8, 4) is 0 Å². The largest absolute Gasteiger partial charge is 0.514 e. The molecule has 0 aliphatic carbocycles. The van der Waals surface area contributed by atoms with Gasteiger partial charge in [-0.25, -0.2) is 0 Å². The van der Waals surface area contributed by atoms with Crippen LogP contribution >= 0.6 is 0 Å². The summed E-state index contributed by atoms with van der Waals surface area (Å²) in [7, 11) is -0.910. The van der Waals surface area contributed by atoms with Crippen molar-refractivity contribution >= 4 is 18.4 Å². The van der Waals surface area contributed by atoms with Gasteiger partial charge in [0.05, 0.1) is 23.9 Å². The molecule has 0 amide bonds. The second-order valence-corrected chi connectivity index (χ2v) is 6.20. The highest BCUT2D eigenvalue weighted by molar-refractivity contribution is 6.61. The summed E-state index contributed by atoms with van der Waals surface area (Å²) in [6, 6.07) is -1.07. The summed E-state index contributed by atoms with van der Waals surface area (Å²) < 4.78 is 110. The Bertz CT molecular complexity index is 950. The molecule has 120 valence electrons. The van der Waals surface area contributed by atoms with Crippen LogP contribution in [0.2, 0.25) is 0 Å². The molecule has 1 unspecified atom stereocenters. The third-order valence-corrected chi connectivity index (χ3v) is 4.16. The normalized spacial score (nSPS) is 48.4. The van der Waals surface area contributed by atoms with E-state index in [0.29, 0.717) is 0 Å². The van der Waals surface area contributed by atoms with Gasteiger partial charge in [-0.15, -0.1) is 0 Å². The van der Waals surface area contributed by atoms with E-state index in [2.05, 4.69) is 4.98 Å². The second-order valence-electron chi connectivity index (χ2n) is 6.20. The molecular formula is C17H27BN2O2. The number of piperidine rings is 1. The highest BCUT2D eigenvalue weighted by Gasteiger charge is 2.52. The van der Waals surface area contributed by atoms with E-state index in [9.17, 15) is 0 Å². The minimum absolute atomic E-state index is 0.134. The van der Waals surface area contributed by atoms with Crippen LogP contribution < -0.4 is 10.5 Å². The molecule has 0 bridgehead atoms. The van der Waals surface area contributed by atoms with Crippen molar-refractivity contribution in [1.29, 1.82) is 0 Å². The lowest BCUT2D eigenvalue weighted by Crippen LogP contribution is -2.41. The zero-order chi connectivity index (χ0) is 26.6. The summed E-state index contributed by atoms with van der Waals surface area (Å²) in [5.74, 6) is 0. The Labute approximate surface area is 151 Å². The maximum atomic E-state index is 8.65. The van der Waals surface area contributed by atoms with Crippen molar-refractivity contribution in [2.45, 2.75) is 70.9 Å². The summed E-state index contributed by atoms with van der Waals surface area (Å²) in [6.45, 7) is 0.266. The molecule has 2 fully saturated rings. The van der Waals surface area contributed by atoms with Gasteiger partial charge >= 0.3 is 7.12 Å². The minimum atomic E-state index is -3.68. The maximum absolute atomic E-state index is 8.65. The summed E-state index contributed by atoms with van der Waals surface area (Å²) in [5, 5.41) is 0. The van der Waals surface area contributed by atoms with Crippen LogP contribution in [0.25, 0.3) is 0 Å². The standard InChI is InChI=1S/C17H27BN2O2/c1-13-8-6-7-11-20(13)14-9-10-15(19-12-14)18-21-16(2,3)17(4,5)22-18/h9-10,12-13H,6-8,11H2,1-5H3/i1D3,6D2,7D2,8D2,11D2,13D. The van der Waals surface area contributed by atoms with E-state index >= 15 is 0 Å². The third kappa shape index (κ3) is 2.76. The van der Waals surface area contributed by atoms with Crippen LogP contribution in [0.15, 0.2) is 18.3 Å². The Morgan fingerprint density at radius 2 is 2.05 bits per heavy atom. The van der Waals surface area contributed by atoms with Crippen molar-refractivity contribution in [1.82, 2.24) is 4.98 Å². The van der Waals surface area contributed by atoms with Crippen molar-refractivity contribution in [3.63, 3.8) is 0 Å². The van der Waals surface area contributed by atoms with Gasteiger partial charge in [-0.1, -0.05) is 0 Å². The van der Waals surface area contributed by atoms with Crippen molar-refractivity contribution in [3.05, 3.63) is 18.3 Å². The molecule has 2 saturated heterocycles. The number of nitrogens with zero attached hydrogens (tertiary/aromatic N) is 2. The molecule has 5 heteroatoms. The number of hydrogen-bond donors (Lipinski definition) is 0. The molecule has 0 saturated carbocycles. The molecule has 4 nitrogen and oxygen atoms in total. The lowest BCUT2D eigenvalue weighted by Gasteiger charge is -2.35. The SMILES string of the molecule is [2H]C([2H])([2H])C1([2H])N(c2ccc(B3OC(C)(C)C(C)(C)O3)nc2)C([2H])([2H])C([2H])([2H])C([2H])([2H])C1([2H])[2H]. The van der Waals surface area contributed by atoms with E-state index < -0.39 is 62.5 Å². The number of pyridine rings is 1. The molecule has 0 spiro atoms. The molecule has 22 heavy (non-hydrogen) atoms. The molecule has 3 heterocycles. The molecule has 1 atom stereocenters. The van der Waals surface area contributed by atoms with Crippen LogP contribution in [-0.2, 0) is 9.31 Å². The van der Waals surface area contributed by atoms with Gasteiger partial charge in [-0.05, 0) is 65.8 Å². The zero-order valence-electron chi connectivity index (χ0n) is 25.0. The van der Waals surface area contributed by atoms with Gasteiger partial charge in [0, 0.05) is 33.8 Å². The Morgan fingerprint density at radius 1 is 1.32 bits per heavy atom. The Hall–Kier alpha value is -1.07. The smallest absolute Gasteiger partial charge is 0.398 e. The van der Waals surface area contributed by atoms with Gasteiger partial charge in [0.15, 0.2) is 0 Å². The van der Waals surface area contributed by atoms with Crippen LogP contribution in [0, 0.1) is 0 Å². The fraction of sp³-hybridized carbons (Fsp3) is 0.706. The first-order chi connectivity index (χ1) is 14.9. The molecule has 0 N–H and O–H groups in total. The van der Waals surface area contributed by atoms with Gasteiger partial charge in [0.2, 0.25) is 0 Å². The topological polar surface area (TPSA) is 34.6 Å². The summed E-state index contributed by atoms with van der Waals surface area (Å²) in [6.07, 6.45) is -9.93. The van der Waals surface area contributed by atoms with Crippen molar-refractivity contribution in [2.75, 3.05) is 11.4 Å². The number of hydrogen-bond acceptors (Lipinski definition) is 4. The predicted molar refractivity (Wildman–Crippen MR) is 90.6 cm³/mol. The summed E-state index contributed by atoms with van der Waals surface area (Å²) in [5.41, 5.74) is -1.54. The van der Waals surface area contributed by atoms with Crippen LogP contribution in [0.3, 0.4) is 0 Å². The summed E-state index contributed by atoms with van der Waals surface area (Å²) >= 11 is 0. The Balaban J connectivity index is 2.17. The van der Waals surface area contributed by atoms with Crippen molar-refractivity contribution < 1.29 is 25.8 Å². The number of rotatable bonds is 2. The van der Waals surface area contributed by atoms with Gasteiger partial charge in [-0.2, -0.15) is 0 Å². The Morgan fingerprint density at radius 3 is 2.64 bits per heavy atom. The summed E-state index contributed by atoms with van der Waals surface area (Å²) in [4.78, 5) is 4.28. The van der Waals surface area contributed by atoms with Gasteiger partial charge in [0.1, 0.15) is 0 Å². The first-order valence-electron chi connectivity index (χ1n) is 13.0. The zero-order valence-corrected chi connectivity index (χ0v) is 13.0. The highest BCUT2D eigenvalue weighted by Crippen LogP contribution is 2.36. The lowest BCUT2D eigenvalue weighted by molar-refractivity contribution is 0.00578. The van der Waals surface area contributed by atoms with Crippen LogP contribution in [-0.4, -0.2) is 35.8 Å². The predicted octanol–water partition coefficient (Wildman–Crippen LogP) is 2.76. The molecule has 1 aromatic rings. The fourth-order valence-corrected chi connectivity index (χ4v) is 2.11. The molecular weight excluding hydrogens is 275 g/mol. The first kappa shape index (κ1) is 6.82. The van der Waals surface area contributed by atoms with Gasteiger partial charge in [-0.3, -0.25) is 4.98 Å². The molecule has 2 aliphatic heterocycles. The van der Waals surface area contributed by atoms with Crippen LogP contribution in [0.4, 0.5) is 5.69 Å². The quantitative estimate of drug-likeness (QED) is 0.786. The van der Waals surface area contributed by atoms with Crippen molar-refractivity contribution in [2.24, 2.45) is 0 Å². The average molecular weight is 314 g/mol. The molecule has 0 aromatic carbocycles. The highest BCUT2D eigenvalue weighted by atomic mass is 16.7. The van der Waals surface area contributed by atoms with E-state index in [1.165, 1.54) is 6.07 Å². The average Bonchev–Trinajstić information content (AvgIpc) is 2.87. The van der Waals surface area contributed by atoms with E-state index in [4.69, 9.17) is 25.8 Å². The van der Waals surface area contributed by atoms with Gasteiger partial charge < -0.3 is 14.2 Å². The Kier molecular flexibility index (Phi) is 1.72. The lowest BCUT2D eigenvalue weighted by atomic mass is 9.84. The van der Waals surface area contributed by atoms with E-state index in [0.717, 1.165) is 12.3 Å². The van der Waals surface area contributed by atoms with Gasteiger partial charge in [0.25, 0.3) is 0 Å².